The predicted octanol–water partition coefficient (Wildman–Crippen LogP) is 1.92. The molecule has 1 aromatic carbocycles. The van der Waals surface area contributed by atoms with E-state index in [2.05, 4.69) is 34.7 Å². The Morgan fingerprint density at radius 3 is 2.61 bits per heavy atom. The topological polar surface area (TPSA) is 45.7 Å². The normalized spacial score (nSPS) is 10.7. The Morgan fingerprint density at radius 2 is 2.00 bits per heavy atom. The molecule has 0 aliphatic carbocycles. The van der Waals surface area contributed by atoms with Crippen LogP contribution in [0.2, 0.25) is 0 Å². The summed E-state index contributed by atoms with van der Waals surface area (Å²) < 4.78 is 4.97. The van der Waals surface area contributed by atoms with E-state index in [9.17, 15) is 0 Å². The van der Waals surface area contributed by atoms with Crippen molar-refractivity contribution in [2.75, 3.05) is 27.3 Å². The summed E-state index contributed by atoms with van der Waals surface area (Å²) in [6.45, 7) is 4.31. The van der Waals surface area contributed by atoms with Crippen LogP contribution in [0.25, 0.3) is 0 Å². The summed E-state index contributed by atoms with van der Waals surface area (Å²) in [4.78, 5) is 4.14. The van der Waals surface area contributed by atoms with E-state index < -0.39 is 0 Å². The van der Waals surface area contributed by atoms with E-state index in [1.165, 1.54) is 11.1 Å². The molecule has 18 heavy (non-hydrogen) atoms. The van der Waals surface area contributed by atoms with E-state index >= 15 is 0 Å². The van der Waals surface area contributed by atoms with Crippen molar-refractivity contribution in [3.8, 4) is 0 Å². The zero-order valence-electron chi connectivity index (χ0n) is 11.2. The first-order chi connectivity index (χ1) is 8.27. The number of nitrogens with one attached hydrogen (secondary N) is 2. The van der Waals surface area contributed by atoms with E-state index in [0.29, 0.717) is 6.61 Å². The molecule has 0 heterocycles. The summed E-state index contributed by atoms with van der Waals surface area (Å²) in [6.07, 6.45) is 0. The minimum absolute atomic E-state index is 0. The Labute approximate surface area is 126 Å². The number of hydrogen-bond acceptors (Lipinski definition) is 2. The van der Waals surface area contributed by atoms with Crippen LogP contribution < -0.4 is 10.6 Å². The van der Waals surface area contributed by atoms with Gasteiger partial charge in [0.2, 0.25) is 0 Å². The van der Waals surface area contributed by atoms with Crippen molar-refractivity contribution >= 4 is 29.9 Å². The summed E-state index contributed by atoms with van der Waals surface area (Å²) in [5, 5.41) is 6.44. The zero-order valence-corrected chi connectivity index (χ0v) is 13.5. The van der Waals surface area contributed by atoms with Crippen LogP contribution in [0, 0.1) is 6.92 Å². The second kappa shape index (κ2) is 10.1. The van der Waals surface area contributed by atoms with Crippen LogP contribution in [0.4, 0.5) is 0 Å². The Hall–Kier alpha value is -0.820. The molecule has 0 aromatic heterocycles. The summed E-state index contributed by atoms with van der Waals surface area (Å²) >= 11 is 0. The molecule has 0 saturated carbocycles. The van der Waals surface area contributed by atoms with Gasteiger partial charge in [-0.3, -0.25) is 4.99 Å². The van der Waals surface area contributed by atoms with Gasteiger partial charge in [-0.15, -0.1) is 24.0 Å². The molecule has 0 fully saturated rings. The summed E-state index contributed by atoms with van der Waals surface area (Å²) in [5.41, 5.74) is 2.56. The van der Waals surface area contributed by atoms with Crippen molar-refractivity contribution < 1.29 is 4.74 Å². The van der Waals surface area contributed by atoms with Gasteiger partial charge in [0.15, 0.2) is 5.96 Å². The van der Waals surface area contributed by atoms with Gasteiger partial charge >= 0.3 is 0 Å². The molecule has 0 spiro atoms. The van der Waals surface area contributed by atoms with Gasteiger partial charge in [0.05, 0.1) is 6.61 Å². The maximum absolute atomic E-state index is 4.97. The van der Waals surface area contributed by atoms with Crippen molar-refractivity contribution in [1.82, 2.24) is 10.6 Å². The summed E-state index contributed by atoms with van der Waals surface area (Å²) in [5.74, 6) is 0.797. The molecule has 4 nitrogen and oxygen atoms in total. The fourth-order valence-electron chi connectivity index (χ4n) is 1.48. The molecule has 5 heteroatoms. The number of hydrogen-bond donors (Lipinski definition) is 2. The lowest BCUT2D eigenvalue weighted by molar-refractivity contribution is 0.203. The number of rotatable bonds is 5. The zero-order chi connectivity index (χ0) is 12.5. The van der Waals surface area contributed by atoms with Gasteiger partial charge in [-0.1, -0.05) is 24.3 Å². The largest absolute Gasteiger partial charge is 0.383 e. The maximum Gasteiger partial charge on any atom is 0.191 e. The molecule has 0 saturated heterocycles. The summed E-state index contributed by atoms with van der Waals surface area (Å²) in [6, 6.07) is 8.32. The van der Waals surface area contributed by atoms with E-state index in [0.717, 1.165) is 19.0 Å². The SMILES string of the molecule is CN=C(NCCOC)NCc1ccccc1C.I. The highest BCUT2D eigenvalue weighted by molar-refractivity contribution is 14.0. The van der Waals surface area contributed by atoms with Crippen molar-refractivity contribution in [2.45, 2.75) is 13.5 Å². The second-order valence-electron chi connectivity index (χ2n) is 3.77. The molecule has 0 unspecified atom stereocenters. The third-order valence-electron chi connectivity index (χ3n) is 2.53. The number of ether oxygens (including phenoxy) is 1. The number of methoxy groups -OCH3 is 1. The fraction of sp³-hybridized carbons (Fsp3) is 0.462. The highest BCUT2D eigenvalue weighted by Crippen LogP contribution is 2.05. The molecule has 0 aliphatic heterocycles. The number of aliphatic imine (C=N–C) groups is 1. The molecule has 1 rings (SSSR count). The van der Waals surface area contributed by atoms with Crippen LogP contribution in [0.5, 0.6) is 0 Å². The van der Waals surface area contributed by atoms with Crippen LogP contribution in [-0.4, -0.2) is 33.3 Å². The minimum Gasteiger partial charge on any atom is -0.383 e. The van der Waals surface area contributed by atoms with Gasteiger partial charge in [-0.05, 0) is 18.1 Å². The first kappa shape index (κ1) is 17.2. The smallest absolute Gasteiger partial charge is 0.191 e. The average Bonchev–Trinajstić information content (AvgIpc) is 2.35. The molecule has 0 radical (unpaired) electrons. The number of guanidine groups is 1. The molecule has 2 N–H and O–H groups in total. The van der Waals surface area contributed by atoms with Crippen molar-refractivity contribution in [3.05, 3.63) is 35.4 Å². The third kappa shape index (κ3) is 6.20. The minimum atomic E-state index is 0. The highest BCUT2D eigenvalue weighted by Gasteiger charge is 1.99. The van der Waals surface area contributed by atoms with E-state index in [1.54, 1.807) is 14.2 Å². The van der Waals surface area contributed by atoms with Crippen molar-refractivity contribution in [1.29, 1.82) is 0 Å². The van der Waals surface area contributed by atoms with Crippen LogP contribution >= 0.6 is 24.0 Å². The quantitative estimate of drug-likeness (QED) is 0.364. The molecular weight excluding hydrogens is 341 g/mol. The van der Waals surface area contributed by atoms with Crippen LogP contribution in [0.3, 0.4) is 0 Å². The molecule has 0 aliphatic rings. The summed E-state index contributed by atoms with van der Waals surface area (Å²) in [7, 11) is 3.45. The Bertz CT molecular complexity index is 369. The molecular formula is C13H22IN3O. The third-order valence-corrected chi connectivity index (χ3v) is 2.53. The Balaban J connectivity index is 0.00000289. The van der Waals surface area contributed by atoms with Gasteiger partial charge in [-0.2, -0.15) is 0 Å². The van der Waals surface area contributed by atoms with Crippen LogP contribution in [-0.2, 0) is 11.3 Å². The molecule has 0 amide bonds. The average molecular weight is 363 g/mol. The van der Waals surface area contributed by atoms with Gasteiger partial charge < -0.3 is 15.4 Å². The first-order valence-electron chi connectivity index (χ1n) is 5.76. The lowest BCUT2D eigenvalue weighted by atomic mass is 10.1. The van der Waals surface area contributed by atoms with E-state index in [4.69, 9.17) is 4.74 Å². The Kier molecular flexibility index (Phi) is 9.67. The van der Waals surface area contributed by atoms with Crippen LogP contribution in [0.1, 0.15) is 11.1 Å². The molecule has 102 valence electrons. The number of aryl methyl sites for hydroxylation is 1. The lowest BCUT2D eigenvalue weighted by Gasteiger charge is -2.12. The second-order valence-corrected chi connectivity index (χ2v) is 3.77. The lowest BCUT2D eigenvalue weighted by Crippen LogP contribution is -2.38. The van der Waals surface area contributed by atoms with Gasteiger partial charge in [-0.25, -0.2) is 0 Å². The van der Waals surface area contributed by atoms with E-state index in [1.807, 2.05) is 12.1 Å². The number of halogens is 1. The van der Waals surface area contributed by atoms with Crippen LogP contribution in [0.15, 0.2) is 29.3 Å². The van der Waals surface area contributed by atoms with Gasteiger partial charge in [0, 0.05) is 27.2 Å². The monoisotopic (exact) mass is 363 g/mol. The number of nitrogens with zero attached hydrogens (tertiary/aromatic N) is 1. The fourth-order valence-corrected chi connectivity index (χ4v) is 1.48. The van der Waals surface area contributed by atoms with Crippen molar-refractivity contribution in [3.63, 3.8) is 0 Å². The Morgan fingerprint density at radius 1 is 1.28 bits per heavy atom. The first-order valence-corrected chi connectivity index (χ1v) is 5.76. The maximum atomic E-state index is 4.97. The molecule has 0 bridgehead atoms. The predicted molar refractivity (Wildman–Crippen MR) is 86.7 cm³/mol. The van der Waals surface area contributed by atoms with Crippen molar-refractivity contribution in [2.24, 2.45) is 4.99 Å². The standard InChI is InChI=1S/C13H21N3O.HI/c1-11-6-4-5-7-12(11)10-16-13(14-2)15-8-9-17-3;/h4-7H,8-10H2,1-3H3,(H2,14,15,16);1H. The van der Waals surface area contributed by atoms with Gasteiger partial charge in [0.25, 0.3) is 0 Å². The highest BCUT2D eigenvalue weighted by atomic mass is 127. The van der Waals surface area contributed by atoms with Gasteiger partial charge in [0.1, 0.15) is 0 Å². The molecule has 0 atom stereocenters. The van der Waals surface area contributed by atoms with E-state index in [-0.39, 0.29) is 24.0 Å². The molecule has 1 aromatic rings. The number of benzene rings is 1.